The van der Waals surface area contributed by atoms with Crippen LogP contribution in [0.5, 0.6) is 0 Å². The molecule has 2 aromatic rings. The highest BCUT2D eigenvalue weighted by Crippen LogP contribution is 2.30. The fourth-order valence-corrected chi connectivity index (χ4v) is 1.44. The van der Waals surface area contributed by atoms with E-state index in [4.69, 9.17) is 0 Å². The summed E-state index contributed by atoms with van der Waals surface area (Å²) in [7, 11) is 0. The van der Waals surface area contributed by atoms with Crippen LogP contribution in [0.4, 0.5) is 22.0 Å². The van der Waals surface area contributed by atoms with E-state index in [2.05, 4.69) is 4.98 Å². The minimum atomic E-state index is -4.69. The largest absolute Gasteiger partial charge is 0.433 e. The van der Waals surface area contributed by atoms with Crippen molar-refractivity contribution in [1.29, 1.82) is 0 Å². The van der Waals surface area contributed by atoms with Crippen LogP contribution < -0.4 is 0 Å². The molecular weight excluding hydrogens is 253 g/mol. The average Bonchev–Trinajstić information content (AvgIpc) is 2.29. The van der Waals surface area contributed by atoms with Gasteiger partial charge >= 0.3 is 6.18 Å². The van der Waals surface area contributed by atoms with Crippen molar-refractivity contribution in [2.24, 2.45) is 0 Å². The number of pyridine rings is 1. The Morgan fingerprint density at radius 2 is 1.44 bits per heavy atom. The second kappa shape index (κ2) is 4.36. The molecule has 0 fully saturated rings. The lowest BCUT2D eigenvalue weighted by Gasteiger charge is -2.08. The monoisotopic (exact) mass is 259 g/mol. The standard InChI is InChI=1S/C12H6F5N/c13-8-3-1-7(2-4-8)9-5-6-10(12(15,16)17)18-11(9)14/h1-6H. The summed E-state index contributed by atoms with van der Waals surface area (Å²) in [5.41, 5.74) is -1.15. The molecule has 0 spiro atoms. The number of halogens is 5. The van der Waals surface area contributed by atoms with Gasteiger partial charge in [-0.25, -0.2) is 9.37 Å². The van der Waals surface area contributed by atoms with Crippen molar-refractivity contribution in [1.82, 2.24) is 4.98 Å². The predicted octanol–water partition coefficient (Wildman–Crippen LogP) is 4.05. The smallest absolute Gasteiger partial charge is 0.215 e. The molecule has 6 heteroatoms. The predicted molar refractivity (Wildman–Crippen MR) is 54.6 cm³/mol. The van der Waals surface area contributed by atoms with Gasteiger partial charge in [-0.3, -0.25) is 0 Å². The van der Waals surface area contributed by atoms with Gasteiger partial charge in [-0.1, -0.05) is 12.1 Å². The normalized spacial score (nSPS) is 11.6. The minimum absolute atomic E-state index is 0.108. The van der Waals surface area contributed by atoms with E-state index < -0.39 is 23.6 Å². The van der Waals surface area contributed by atoms with E-state index in [0.717, 1.165) is 18.2 Å². The summed E-state index contributed by atoms with van der Waals surface area (Å²) in [6.07, 6.45) is -4.69. The van der Waals surface area contributed by atoms with Crippen LogP contribution in [0.2, 0.25) is 0 Å². The highest BCUT2D eigenvalue weighted by molar-refractivity contribution is 5.63. The van der Waals surface area contributed by atoms with Gasteiger partial charge in [0.15, 0.2) is 0 Å². The molecule has 0 unspecified atom stereocenters. The van der Waals surface area contributed by atoms with E-state index in [0.29, 0.717) is 6.07 Å². The third-order valence-corrected chi connectivity index (χ3v) is 2.29. The van der Waals surface area contributed by atoms with Crippen molar-refractivity contribution >= 4 is 0 Å². The van der Waals surface area contributed by atoms with Crippen molar-refractivity contribution in [3.63, 3.8) is 0 Å². The van der Waals surface area contributed by atoms with Gasteiger partial charge in [0.05, 0.1) is 0 Å². The van der Waals surface area contributed by atoms with Gasteiger partial charge in [0.2, 0.25) is 5.95 Å². The molecule has 0 saturated heterocycles. The molecule has 0 radical (unpaired) electrons. The molecule has 1 nitrogen and oxygen atoms in total. The SMILES string of the molecule is Fc1ccc(-c2ccc(C(F)(F)F)nc2F)cc1. The van der Waals surface area contributed by atoms with Gasteiger partial charge < -0.3 is 0 Å². The van der Waals surface area contributed by atoms with Crippen molar-refractivity contribution < 1.29 is 22.0 Å². The molecule has 0 aliphatic rings. The average molecular weight is 259 g/mol. The first kappa shape index (κ1) is 12.5. The fourth-order valence-electron chi connectivity index (χ4n) is 1.44. The molecular formula is C12H6F5N. The van der Waals surface area contributed by atoms with Crippen LogP contribution >= 0.6 is 0 Å². The fraction of sp³-hybridized carbons (Fsp3) is 0.0833. The Hall–Kier alpha value is -1.98. The van der Waals surface area contributed by atoms with Crippen LogP contribution in [-0.2, 0) is 6.18 Å². The van der Waals surface area contributed by atoms with E-state index >= 15 is 0 Å². The zero-order chi connectivity index (χ0) is 13.3. The molecule has 0 aliphatic carbocycles. The summed E-state index contributed by atoms with van der Waals surface area (Å²) in [5.74, 6) is -1.75. The first-order chi connectivity index (χ1) is 8.38. The lowest BCUT2D eigenvalue weighted by atomic mass is 10.1. The second-order valence-corrected chi connectivity index (χ2v) is 3.54. The lowest BCUT2D eigenvalue weighted by molar-refractivity contribution is -0.141. The molecule has 0 atom stereocenters. The Morgan fingerprint density at radius 3 is 1.94 bits per heavy atom. The summed E-state index contributed by atoms with van der Waals surface area (Å²) in [6, 6.07) is 6.37. The number of rotatable bonds is 1. The van der Waals surface area contributed by atoms with E-state index in [1.165, 1.54) is 12.1 Å². The Balaban J connectivity index is 2.45. The molecule has 1 aromatic carbocycles. The Bertz CT molecular complexity index is 560. The summed E-state index contributed by atoms with van der Waals surface area (Å²) in [6.45, 7) is 0. The highest BCUT2D eigenvalue weighted by Gasteiger charge is 2.33. The van der Waals surface area contributed by atoms with Crippen LogP contribution in [0, 0.1) is 11.8 Å². The molecule has 0 bridgehead atoms. The van der Waals surface area contributed by atoms with Gasteiger partial charge in [0.1, 0.15) is 11.5 Å². The molecule has 1 aromatic heterocycles. The molecule has 2 rings (SSSR count). The molecule has 0 aliphatic heterocycles. The van der Waals surface area contributed by atoms with Gasteiger partial charge in [0.25, 0.3) is 0 Å². The third-order valence-electron chi connectivity index (χ3n) is 2.29. The van der Waals surface area contributed by atoms with Crippen LogP contribution in [0.15, 0.2) is 36.4 Å². The highest BCUT2D eigenvalue weighted by atomic mass is 19.4. The maximum absolute atomic E-state index is 13.5. The molecule has 0 amide bonds. The summed E-state index contributed by atoms with van der Waals surface area (Å²) < 4.78 is 63.0. The van der Waals surface area contributed by atoms with Gasteiger partial charge in [-0.2, -0.15) is 17.6 Å². The van der Waals surface area contributed by atoms with Gasteiger partial charge in [0, 0.05) is 5.56 Å². The zero-order valence-electron chi connectivity index (χ0n) is 8.80. The van der Waals surface area contributed by atoms with Crippen molar-refractivity contribution in [2.75, 3.05) is 0 Å². The van der Waals surface area contributed by atoms with E-state index in [9.17, 15) is 22.0 Å². The molecule has 94 valence electrons. The molecule has 0 N–H and O–H groups in total. The Morgan fingerprint density at radius 1 is 0.833 bits per heavy atom. The third kappa shape index (κ3) is 2.47. The van der Waals surface area contributed by atoms with Crippen LogP contribution in [-0.4, -0.2) is 4.98 Å². The quantitative estimate of drug-likeness (QED) is 0.556. The number of benzene rings is 1. The van der Waals surface area contributed by atoms with Crippen molar-refractivity contribution in [3.8, 4) is 11.1 Å². The lowest BCUT2D eigenvalue weighted by Crippen LogP contribution is -2.09. The first-order valence-electron chi connectivity index (χ1n) is 4.87. The van der Waals surface area contributed by atoms with Crippen molar-refractivity contribution in [2.45, 2.75) is 6.18 Å². The Kier molecular flexibility index (Phi) is 3.02. The number of alkyl halides is 3. The molecule has 18 heavy (non-hydrogen) atoms. The number of hydrogen-bond acceptors (Lipinski definition) is 1. The van der Waals surface area contributed by atoms with E-state index in [1.54, 1.807) is 0 Å². The second-order valence-electron chi connectivity index (χ2n) is 3.54. The summed E-state index contributed by atoms with van der Waals surface area (Å²) >= 11 is 0. The zero-order valence-corrected chi connectivity index (χ0v) is 8.80. The summed E-state index contributed by atoms with van der Waals surface area (Å²) in [5, 5.41) is 0. The summed E-state index contributed by atoms with van der Waals surface area (Å²) in [4.78, 5) is 2.86. The minimum Gasteiger partial charge on any atom is -0.215 e. The number of aromatic nitrogens is 1. The number of nitrogens with zero attached hydrogens (tertiary/aromatic N) is 1. The maximum Gasteiger partial charge on any atom is 0.433 e. The van der Waals surface area contributed by atoms with E-state index in [-0.39, 0.29) is 11.1 Å². The van der Waals surface area contributed by atoms with E-state index in [1.807, 2.05) is 0 Å². The Labute approximate surface area is 98.9 Å². The number of hydrogen-bond donors (Lipinski definition) is 0. The topological polar surface area (TPSA) is 12.9 Å². The first-order valence-corrected chi connectivity index (χ1v) is 4.87. The van der Waals surface area contributed by atoms with Crippen molar-refractivity contribution in [3.05, 3.63) is 53.9 Å². The molecule has 0 saturated carbocycles. The van der Waals surface area contributed by atoms with Crippen LogP contribution in [0.25, 0.3) is 11.1 Å². The van der Waals surface area contributed by atoms with Crippen LogP contribution in [0.1, 0.15) is 5.69 Å². The van der Waals surface area contributed by atoms with Crippen LogP contribution in [0.3, 0.4) is 0 Å². The van der Waals surface area contributed by atoms with Gasteiger partial charge in [-0.05, 0) is 29.8 Å². The maximum atomic E-state index is 13.5. The van der Waals surface area contributed by atoms with Gasteiger partial charge in [-0.15, -0.1) is 0 Å². The molecule has 1 heterocycles.